The molecule has 1 atom stereocenters. The van der Waals surface area contributed by atoms with Crippen LogP contribution in [0.3, 0.4) is 0 Å². The molecule has 0 radical (unpaired) electrons. The first-order valence-corrected chi connectivity index (χ1v) is 4.09. The summed E-state index contributed by atoms with van der Waals surface area (Å²) in [5.41, 5.74) is 5.52. The number of nitrogens with one attached hydrogen (secondary N) is 1. The van der Waals surface area contributed by atoms with Crippen LogP contribution in [0.15, 0.2) is 0 Å². The van der Waals surface area contributed by atoms with E-state index in [4.69, 9.17) is 5.73 Å². The van der Waals surface area contributed by atoms with Gasteiger partial charge in [0.15, 0.2) is 0 Å². The number of nitrogens with two attached hydrogens (primary N) is 1. The summed E-state index contributed by atoms with van der Waals surface area (Å²) < 4.78 is 4.35. The summed E-state index contributed by atoms with van der Waals surface area (Å²) >= 11 is 0. The number of hydrogen-bond acceptors (Lipinski definition) is 4. The minimum atomic E-state index is -0.579. The average molecular weight is 225 g/mol. The first-order chi connectivity index (χ1) is 5.99. The molecule has 6 heteroatoms. The number of methoxy groups -OCH3 is 1. The summed E-state index contributed by atoms with van der Waals surface area (Å²) in [6, 6.07) is -0.579. The van der Waals surface area contributed by atoms with E-state index in [0.717, 1.165) is 0 Å². The fraction of sp³-hybridized carbons (Fsp3) is 0.750. The van der Waals surface area contributed by atoms with Crippen LogP contribution in [-0.4, -0.2) is 31.6 Å². The third kappa shape index (κ3) is 5.77. The summed E-state index contributed by atoms with van der Waals surface area (Å²) in [6.45, 7) is 3.54. The quantitative estimate of drug-likeness (QED) is 0.642. The van der Waals surface area contributed by atoms with Crippen molar-refractivity contribution in [2.75, 3.05) is 13.7 Å². The highest BCUT2D eigenvalue weighted by molar-refractivity contribution is 5.85. The second kappa shape index (κ2) is 7.58. The predicted octanol–water partition coefficient (Wildman–Crippen LogP) is -0.319. The van der Waals surface area contributed by atoms with Crippen LogP contribution in [0.1, 0.15) is 13.8 Å². The highest BCUT2D eigenvalue weighted by Gasteiger charge is 2.17. The molecule has 1 amide bonds. The molecule has 0 aromatic rings. The van der Waals surface area contributed by atoms with Crippen molar-refractivity contribution in [2.24, 2.45) is 11.7 Å². The lowest BCUT2D eigenvalue weighted by Gasteiger charge is -2.14. The van der Waals surface area contributed by atoms with Crippen LogP contribution in [-0.2, 0) is 14.3 Å². The molecular formula is C8H17ClN2O3. The molecule has 0 fully saturated rings. The van der Waals surface area contributed by atoms with Gasteiger partial charge in [0, 0.05) is 0 Å². The number of esters is 1. The zero-order valence-corrected chi connectivity index (χ0v) is 9.39. The van der Waals surface area contributed by atoms with Crippen LogP contribution in [0, 0.1) is 5.92 Å². The van der Waals surface area contributed by atoms with Crippen molar-refractivity contribution in [3.63, 3.8) is 0 Å². The fourth-order valence-electron chi connectivity index (χ4n) is 0.652. The summed E-state index contributed by atoms with van der Waals surface area (Å²) in [6.07, 6.45) is 0. The molecule has 0 saturated carbocycles. The SMILES string of the molecule is COC(=O)CNC(=O)C(N)C(C)C.Cl. The molecule has 0 heterocycles. The normalized spacial score (nSPS) is 11.5. The first-order valence-electron chi connectivity index (χ1n) is 4.09. The second-order valence-corrected chi connectivity index (χ2v) is 3.06. The molecule has 0 aromatic carbocycles. The Morgan fingerprint density at radius 3 is 2.29 bits per heavy atom. The maximum absolute atomic E-state index is 11.2. The molecule has 5 nitrogen and oxygen atoms in total. The van der Waals surface area contributed by atoms with Gasteiger partial charge in [-0.25, -0.2) is 0 Å². The van der Waals surface area contributed by atoms with E-state index in [1.165, 1.54) is 7.11 Å². The third-order valence-electron chi connectivity index (χ3n) is 1.66. The van der Waals surface area contributed by atoms with Crippen LogP contribution in [0.25, 0.3) is 0 Å². The van der Waals surface area contributed by atoms with E-state index in [2.05, 4.69) is 10.1 Å². The molecule has 84 valence electrons. The lowest BCUT2D eigenvalue weighted by molar-refractivity contribution is -0.141. The smallest absolute Gasteiger partial charge is 0.325 e. The van der Waals surface area contributed by atoms with Gasteiger partial charge >= 0.3 is 5.97 Å². The number of rotatable bonds is 4. The van der Waals surface area contributed by atoms with Gasteiger partial charge < -0.3 is 15.8 Å². The number of carbonyl (C=O) groups excluding carboxylic acids is 2. The topological polar surface area (TPSA) is 81.4 Å². The van der Waals surface area contributed by atoms with Crippen LogP contribution < -0.4 is 11.1 Å². The minimum absolute atomic E-state index is 0. The molecule has 0 aliphatic carbocycles. The van der Waals surface area contributed by atoms with Crippen molar-refractivity contribution in [3.05, 3.63) is 0 Å². The fourth-order valence-corrected chi connectivity index (χ4v) is 0.652. The summed E-state index contributed by atoms with van der Waals surface area (Å²) in [5, 5.41) is 2.38. The zero-order valence-electron chi connectivity index (χ0n) is 8.57. The van der Waals surface area contributed by atoms with E-state index in [-0.39, 0.29) is 30.8 Å². The molecule has 0 spiro atoms. The van der Waals surface area contributed by atoms with E-state index >= 15 is 0 Å². The molecule has 0 bridgehead atoms. The summed E-state index contributed by atoms with van der Waals surface area (Å²) in [4.78, 5) is 21.8. The lowest BCUT2D eigenvalue weighted by Crippen LogP contribution is -2.45. The molecule has 14 heavy (non-hydrogen) atoms. The Morgan fingerprint density at radius 1 is 1.43 bits per heavy atom. The van der Waals surface area contributed by atoms with E-state index in [0.29, 0.717) is 0 Å². The van der Waals surface area contributed by atoms with Crippen molar-refractivity contribution in [3.8, 4) is 0 Å². The van der Waals surface area contributed by atoms with Crippen LogP contribution in [0.2, 0.25) is 0 Å². The molecular weight excluding hydrogens is 208 g/mol. The van der Waals surface area contributed by atoms with Gasteiger partial charge in [0.1, 0.15) is 6.54 Å². The third-order valence-corrected chi connectivity index (χ3v) is 1.66. The zero-order chi connectivity index (χ0) is 10.4. The molecule has 0 aromatic heterocycles. The second-order valence-electron chi connectivity index (χ2n) is 3.06. The number of carbonyl (C=O) groups is 2. The number of hydrogen-bond donors (Lipinski definition) is 2. The Balaban J connectivity index is 0. The van der Waals surface area contributed by atoms with Crippen molar-refractivity contribution < 1.29 is 14.3 Å². The van der Waals surface area contributed by atoms with E-state index in [1.807, 2.05) is 13.8 Å². The van der Waals surface area contributed by atoms with Crippen molar-refractivity contribution >= 4 is 24.3 Å². The summed E-state index contributed by atoms with van der Waals surface area (Å²) in [5.74, 6) is -0.762. The van der Waals surface area contributed by atoms with Gasteiger partial charge in [-0.05, 0) is 5.92 Å². The highest BCUT2D eigenvalue weighted by atomic mass is 35.5. The maximum Gasteiger partial charge on any atom is 0.325 e. The van der Waals surface area contributed by atoms with E-state index in [9.17, 15) is 9.59 Å². The lowest BCUT2D eigenvalue weighted by atomic mass is 10.1. The summed E-state index contributed by atoms with van der Waals surface area (Å²) in [7, 11) is 1.26. The van der Waals surface area contributed by atoms with Crippen molar-refractivity contribution in [1.29, 1.82) is 0 Å². The van der Waals surface area contributed by atoms with Crippen LogP contribution in [0.5, 0.6) is 0 Å². The first kappa shape index (κ1) is 15.7. The van der Waals surface area contributed by atoms with E-state index < -0.39 is 12.0 Å². The van der Waals surface area contributed by atoms with Gasteiger partial charge in [-0.2, -0.15) is 0 Å². The highest BCUT2D eigenvalue weighted by Crippen LogP contribution is 1.97. The Morgan fingerprint density at radius 2 is 1.93 bits per heavy atom. The standard InChI is InChI=1S/C8H16N2O3.ClH/c1-5(2)7(9)8(12)10-4-6(11)13-3;/h5,7H,4,9H2,1-3H3,(H,10,12);1H. The molecule has 3 N–H and O–H groups in total. The molecule has 0 aliphatic rings. The van der Waals surface area contributed by atoms with Gasteiger partial charge in [0.05, 0.1) is 13.2 Å². The predicted molar refractivity (Wildman–Crippen MR) is 55.1 cm³/mol. The van der Waals surface area contributed by atoms with E-state index in [1.54, 1.807) is 0 Å². The Hall–Kier alpha value is -0.810. The molecule has 1 unspecified atom stereocenters. The minimum Gasteiger partial charge on any atom is -0.468 e. The Labute approximate surface area is 89.8 Å². The number of amides is 1. The van der Waals surface area contributed by atoms with Gasteiger partial charge in [0.2, 0.25) is 5.91 Å². The average Bonchev–Trinajstić information content (AvgIpc) is 2.11. The van der Waals surface area contributed by atoms with Gasteiger partial charge in [0.25, 0.3) is 0 Å². The van der Waals surface area contributed by atoms with Crippen LogP contribution in [0.4, 0.5) is 0 Å². The monoisotopic (exact) mass is 224 g/mol. The van der Waals surface area contributed by atoms with Gasteiger partial charge in [-0.15, -0.1) is 12.4 Å². The molecule has 0 aliphatic heterocycles. The Bertz CT molecular complexity index is 197. The Kier molecular flexibility index (Phi) is 8.48. The van der Waals surface area contributed by atoms with Crippen molar-refractivity contribution in [1.82, 2.24) is 5.32 Å². The maximum atomic E-state index is 11.2. The van der Waals surface area contributed by atoms with Gasteiger partial charge in [-0.1, -0.05) is 13.8 Å². The van der Waals surface area contributed by atoms with Crippen LogP contribution >= 0.6 is 12.4 Å². The van der Waals surface area contributed by atoms with Crippen molar-refractivity contribution in [2.45, 2.75) is 19.9 Å². The number of halogens is 1. The number of ether oxygens (including phenoxy) is 1. The van der Waals surface area contributed by atoms with Gasteiger partial charge in [-0.3, -0.25) is 9.59 Å². The molecule has 0 saturated heterocycles. The molecule has 0 rings (SSSR count). The largest absolute Gasteiger partial charge is 0.468 e.